The van der Waals surface area contributed by atoms with Gasteiger partial charge in [-0.3, -0.25) is 4.79 Å². The Bertz CT molecular complexity index is 1090. The van der Waals surface area contributed by atoms with Gasteiger partial charge < -0.3 is 5.73 Å². The van der Waals surface area contributed by atoms with E-state index in [0.29, 0.717) is 11.3 Å². The molecule has 0 bridgehead atoms. The first-order valence-electron chi connectivity index (χ1n) is 11.0. The molecular formula is C26H28N4O. The Morgan fingerprint density at radius 1 is 1.06 bits per heavy atom. The molecule has 1 heterocycles. The number of aryl methyl sites for hydroxylation is 1. The predicted molar refractivity (Wildman–Crippen MR) is 122 cm³/mol. The second kappa shape index (κ2) is 9.28. The van der Waals surface area contributed by atoms with Gasteiger partial charge in [-0.1, -0.05) is 49.1 Å². The predicted octanol–water partition coefficient (Wildman–Crippen LogP) is 5.20. The van der Waals surface area contributed by atoms with E-state index >= 15 is 0 Å². The first-order chi connectivity index (χ1) is 15.0. The summed E-state index contributed by atoms with van der Waals surface area (Å²) in [4.78, 5) is 13.4. The smallest absolute Gasteiger partial charge is 0.186 e. The van der Waals surface area contributed by atoms with Crippen molar-refractivity contribution in [1.29, 1.82) is 5.26 Å². The maximum absolute atomic E-state index is 13.4. The lowest BCUT2D eigenvalue weighted by Crippen LogP contribution is -2.29. The third-order valence-electron chi connectivity index (χ3n) is 6.14. The van der Waals surface area contributed by atoms with Crippen molar-refractivity contribution in [3.05, 3.63) is 71.4 Å². The Balaban J connectivity index is 1.74. The summed E-state index contributed by atoms with van der Waals surface area (Å²) in [5.74, 6) is 0.00332. The standard InChI is InChI=1S/C26H28N4O/c1-18-7-11-20(12-8-18)25-16-24(26(31)21-5-3-2-4-6-22(28)15-21)29-30(25)23-13-9-19(17-27)10-14-23/h7-14,16,21-22H,2-6,15,28H2,1H3/t21?,22-/m0/s1. The first kappa shape index (κ1) is 21.0. The van der Waals surface area contributed by atoms with Gasteiger partial charge >= 0.3 is 0 Å². The topological polar surface area (TPSA) is 84.7 Å². The SMILES string of the molecule is Cc1ccc(-c2cc(C(=O)C3CCCCC[C@H](N)C3)nn2-c2ccc(C#N)cc2)cc1. The van der Waals surface area contributed by atoms with Crippen LogP contribution in [0.4, 0.5) is 0 Å². The molecule has 0 radical (unpaired) electrons. The van der Waals surface area contributed by atoms with Crippen molar-refractivity contribution in [2.24, 2.45) is 11.7 Å². The molecule has 2 N–H and O–H groups in total. The minimum absolute atomic E-state index is 0.0754. The first-order valence-corrected chi connectivity index (χ1v) is 11.0. The average Bonchev–Trinajstić information content (AvgIpc) is 3.21. The molecule has 1 aromatic heterocycles. The summed E-state index contributed by atoms with van der Waals surface area (Å²) in [5, 5.41) is 13.8. The summed E-state index contributed by atoms with van der Waals surface area (Å²) in [7, 11) is 0. The van der Waals surface area contributed by atoms with E-state index in [1.54, 1.807) is 12.1 Å². The molecule has 3 aromatic rings. The fourth-order valence-electron chi connectivity index (χ4n) is 4.33. The number of hydrogen-bond donors (Lipinski definition) is 1. The number of ketones is 1. The molecule has 0 aliphatic heterocycles. The van der Waals surface area contributed by atoms with E-state index < -0.39 is 0 Å². The summed E-state index contributed by atoms with van der Waals surface area (Å²) < 4.78 is 1.81. The van der Waals surface area contributed by atoms with Gasteiger partial charge in [-0.05, 0) is 56.5 Å². The van der Waals surface area contributed by atoms with Crippen LogP contribution >= 0.6 is 0 Å². The molecule has 5 heteroatoms. The lowest BCUT2D eigenvalue weighted by molar-refractivity contribution is 0.0887. The van der Waals surface area contributed by atoms with Crippen LogP contribution in [0.2, 0.25) is 0 Å². The molecule has 2 atom stereocenters. The Morgan fingerprint density at radius 3 is 2.48 bits per heavy atom. The Kier molecular flexibility index (Phi) is 6.29. The minimum atomic E-state index is -0.0783. The Morgan fingerprint density at radius 2 is 1.77 bits per heavy atom. The lowest BCUT2D eigenvalue weighted by Gasteiger charge is -2.22. The second-order valence-corrected chi connectivity index (χ2v) is 8.55. The highest BCUT2D eigenvalue weighted by Crippen LogP contribution is 2.29. The van der Waals surface area contributed by atoms with E-state index in [9.17, 15) is 4.79 Å². The van der Waals surface area contributed by atoms with Crippen LogP contribution < -0.4 is 5.73 Å². The van der Waals surface area contributed by atoms with E-state index in [0.717, 1.165) is 55.5 Å². The maximum atomic E-state index is 13.4. The van der Waals surface area contributed by atoms with E-state index in [1.165, 1.54) is 5.56 Å². The molecule has 0 amide bonds. The van der Waals surface area contributed by atoms with Gasteiger partial charge in [-0.25, -0.2) is 4.68 Å². The molecule has 2 aromatic carbocycles. The Labute approximate surface area is 183 Å². The summed E-state index contributed by atoms with van der Waals surface area (Å²) in [6.45, 7) is 2.05. The second-order valence-electron chi connectivity index (χ2n) is 8.55. The van der Waals surface area contributed by atoms with Gasteiger partial charge in [0.25, 0.3) is 0 Å². The summed E-state index contributed by atoms with van der Waals surface area (Å²) in [5.41, 5.74) is 11.2. The van der Waals surface area contributed by atoms with Gasteiger partial charge in [0.15, 0.2) is 5.78 Å². The highest BCUT2D eigenvalue weighted by atomic mass is 16.1. The fourth-order valence-corrected chi connectivity index (χ4v) is 4.33. The minimum Gasteiger partial charge on any atom is -0.328 e. The molecule has 1 aliphatic carbocycles. The molecule has 5 nitrogen and oxygen atoms in total. The molecule has 31 heavy (non-hydrogen) atoms. The fraction of sp³-hybridized carbons (Fsp3) is 0.346. The summed E-state index contributed by atoms with van der Waals surface area (Å²) >= 11 is 0. The number of hydrogen-bond acceptors (Lipinski definition) is 4. The Hall–Kier alpha value is -3.23. The van der Waals surface area contributed by atoms with Crippen molar-refractivity contribution in [3.63, 3.8) is 0 Å². The van der Waals surface area contributed by atoms with Gasteiger partial charge in [0, 0.05) is 17.5 Å². The monoisotopic (exact) mass is 412 g/mol. The zero-order valence-electron chi connectivity index (χ0n) is 17.9. The highest BCUT2D eigenvalue weighted by molar-refractivity contribution is 5.97. The van der Waals surface area contributed by atoms with Crippen LogP contribution in [0.15, 0.2) is 54.6 Å². The van der Waals surface area contributed by atoms with Gasteiger partial charge in [-0.2, -0.15) is 10.4 Å². The molecule has 0 saturated heterocycles. The van der Waals surface area contributed by atoms with Crippen molar-refractivity contribution >= 4 is 5.78 Å². The van der Waals surface area contributed by atoms with Crippen molar-refractivity contribution in [2.45, 2.75) is 51.5 Å². The number of Topliss-reactive ketones (excluding diaryl/α,β-unsaturated/α-hetero) is 1. The zero-order valence-corrected chi connectivity index (χ0v) is 17.9. The number of nitriles is 1. The van der Waals surface area contributed by atoms with E-state index in [4.69, 9.17) is 16.1 Å². The van der Waals surface area contributed by atoms with Crippen LogP contribution in [0.5, 0.6) is 0 Å². The van der Waals surface area contributed by atoms with Gasteiger partial charge in [0.2, 0.25) is 0 Å². The van der Waals surface area contributed by atoms with Gasteiger partial charge in [0.05, 0.1) is 23.0 Å². The molecule has 0 spiro atoms. The number of benzene rings is 2. The van der Waals surface area contributed by atoms with E-state index in [1.807, 2.05) is 35.0 Å². The average molecular weight is 413 g/mol. The number of carbonyl (C=O) groups is 1. The van der Waals surface area contributed by atoms with Crippen molar-refractivity contribution in [2.75, 3.05) is 0 Å². The molecule has 1 unspecified atom stereocenters. The van der Waals surface area contributed by atoms with Crippen molar-refractivity contribution in [1.82, 2.24) is 9.78 Å². The third-order valence-corrected chi connectivity index (χ3v) is 6.14. The molecule has 1 fully saturated rings. The molecule has 1 aliphatic rings. The van der Waals surface area contributed by atoms with Gasteiger partial charge in [-0.15, -0.1) is 0 Å². The molecular weight excluding hydrogens is 384 g/mol. The molecule has 158 valence electrons. The number of nitrogens with two attached hydrogens (primary N) is 1. The maximum Gasteiger partial charge on any atom is 0.186 e. The lowest BCUT2D eigenvalue weighted by atomic mass is 9.85. The number of aromatic nitrogens is 2. The van der Waals surface area contributed by atoms with Crippen LogP contribution in [0.1, 0.15) is 60.1 Å². The summed E-state index contributed by atoms with van der Waals surface area (Å²) in [6, 6.07) is 19.6. The number of nitrogens with zero attached hydrogens (tertiary/aromatic N) is 3. The molecule has 1 saturated carbocycles. The van der Waals surface area contributed by atoms with Crippen LogP contribution in [-0.4, -0.2) is 21.6 Å². The van der Waals surface area contributed by atoms with Crippen LogP contribution in [0.25, 0.3) is 16.9 Å². The number of rotatable bonds is 4. The van der Waals surface area contributed by atoms with Crippen LogP contribution in [0, 0.1) is 24.2 Å². The summed E-state index contributed by atoms with van der Waals surface area (Å²) in [6.07, 6.45) is 5.92. The van der Waals surface area contributed by atoms with Crippen LogP contribution in [-0.2, 0) is 0 Å². The van der Waals surface area contributed by atoms with Crippen molar-refractivity contribution in [3.8, 4) is 23.0 Å². The van der Waals surface area contributed by atoms with E-state index in [-0.39, 0.29) is 17.7 Å². The van der Waals surface area contributed by atoms with Crippen LogP contribution in [0.3, 0.4) is 0 Å². The normalized spacial score (nSPS) is 19.3. The zero-order chi connectivity index (χ0) is 21.8. The van der Waals surface area contributed by atoms with Crippen molar-refractivity contribution < 1.29 is 4.79 Å². The quantitative estimate of drug-likeness (QED) is 0.597. The number of carbonyl (C=O) groups excluding carboxylic acids is 1. The van der Waals surface area contributed by atoms with E-state index in [2.05, 4.69) is 25.1 Å². The highest BCUT2D eigenvalue weighted by Gasteiger charge is 2.27. The molecule has 4 rings (SSSR count). The third kappa shape index (κ3) is 4.76. The largest absolute Gasteiger partial charge is 0.328 e. The van der Waals surface area contributed by atoms with Gasteiger partial charge in [0.1, 0.15) is 5.69 Å².